The van der Waals surface area contributed by atoms with Gasteiger partial charge in [-0.05, 0) is 35.1 Å². The lowest BCUT2D eigenvalue weighted by atomic mass is 10.1. The molecule has 0 radical (unpaired) electrons. The third-order valence-corrected chi connectivity index (χ3v) is 4.62. The minimum Gasteiger partial charge on any atom is -0.281 e. The Morgan fingerprint density at radius 1 is 1.59 bits per heavy atom. The lowest BCUT2D eigenvalue weighted by Gasteiger charge is -1.99. The minimum atomic E-state index is -0.285. The van der Waals surface area contributed by atoms with Gasteiger partial charge in [0.25, 0.3) is 0 Å². The molecule has 0 N–H and O–H groups in total. The highest BCUT2D eigenvalue weighted by Crippen LogP contribution is 2.60. The van der Waals surface area contributed by atoms with E-state index in [1.165, 1.54) is 0 Å². The van der Waals surface area contributed by atoms with Gasteiger partial charge in [-0.2, -0.15) is 5.26 Å². The fourth-order valence-corrected chi connectivity index (χ4v) is 3.41. The first-order valence-corrected chi connectivity index (χ1v) is 7.25. The molecule has 0 bridgehead atoms. The highest BCUT2D eigenvalue weighted by atomic mass is 35.5. The number of allylic oxidation sites excluding steroid dienone is 2. The van der Waals surface area contributed by atoms with Crippen molar-refractivity contribution in [2.75, 3.05) is 5.75 Å². The molecule has 1 saturated carbocycles. The monoisotopic (exact) mass is 271 g/mol. The summed E-state index contributed by atoms with van der Waals surface area (Å²) in [5.74, 6) is 0.957. The van der Waals surface area contributed by atoms with Crippen LogP contribution in [0.15, 0.2) is 11.0 Å². The molecule has 2 atom stereocenters. The summed E-state index contributed by atoms with van der Waals surface area (Å²) in [7, 11) is 0. The van der Waals surface area contributed by atoms with Crippen LogP contribution in [0.4, 0.5) is 0 Å². The van der Waals surface area contributed by atoms with Gasteiger partial charge in [-0.3, -0.25) is 4.79 Å². The van der Waals surface area contributed by atoms with E-state index in [0.717, 1.165) is 23.5 Å². The van der Waals surface area contributed by atoms with Crippen molar-refractivity contribution in [2.24, 2.45) is 17.3 Å². The average molecular weight is 272 g/mol. The number of nitrogens with zero attached hydrogens (tertiary/aromatic N) is 1. The van der Waals surface area contributed by atoms with Crippen LogP contribution < -0.4 is 0 Å². The van der Waals surface area contributed by atoms with Gasteiger partial charge in [-0.25, -0.2) is 0 Å². The standard InChI is InChI=1S/C13H18ClNOS/c1-4-5-6-17-9(8-15)7-10-11(12(14)16)13(10,2)3/h7,10-11H,4-6H2,1-3H3/b9-7+/t10-,11?/m1/s1. The zero-order chi connectivity index (χ0) is 13.1. The maximum absolute atomic E-state index is 11.2. The van der Waals surface area contributed by atoms with E-state index in [1.807, 2.05) is 19.9 Å². The second-order valence-corrected chi connectivity index (χ2v) is 6.48. The van der Waals surface area contributed by atoms with Gasteiger partial charge in [0.2, 0.25) is 5.24 Å². The van der Waals surface area contributed by atoms with E-state index in [2.05, 4.69) is 13.0 Å². The van der Waals surface area contributed by atoms with Gasteiger partial charge in [0, 0.05) is 5.92 Å². The van der Waals surface area contributed by atoms with Crippen molar-refractivity contribution in [2.45, 2.75) is 33.6 Å². The van der Waals surface area contributed by atoms with Crippen molar-refractivity contribution in [3.63, 3.8) is 0 Å². The number of rotatable bonds is 6. The van der Waals surface area contributed by atoms with Gasteiger partial charge >= 0.3 is 0 Å². The average Bonchev–Trinajstić information content (AvgIpc) is 2.79. The quantitative estimate of drug-likeness (QED) is 0.417. The van der Waals surface area contributed by atoms with Gasteiger partial charge in [0.05, 0.1) is 4.91 Å². The Balaban J connectivity index is 2.62. The van der Waals surface area contributed by atoms with Gasteiger partial charge in [0.15, 0.2) is 0 Å². The van der Waals surface area contributed by atoms with Crippen LogP contribution >= 0.6 is 23.4 Å². The van der Waals surface area contributed by atoms with Crippen LogP contribution in [0.5, 0.6) is 0 Å². The molecule has 0 amide bonds. The molecule has 1 unspecified atom stereocenters. The molecule has 0 aromatic rings. The zero-order valence-corrected chi connectivity index (χ0v) is 12.1. The number of hydrogen-bond acceptors (Lipinski definition) is 3. The van der Waals surface area contributed by atoms with Crippen molar-refractivity contribution in [1.82, 2.24) is 0 Å². The Hall–Kier alpha value is -0.460. The molecular weight excluding hydrogens is 254 g/mol. The van der Waals surface area contributed by atoms with Crippen molar-refractivity contribution in [3.8, 4) is 6.07 Å². The first-order valence-electron chi connectivity index (χ1n) is 5.89. The number of carbonyl (C=O) groups excluding carboxylic acids is 1. The van der Waals surface area contributed by atoms with Crippen LogP contribution in [0, 0.1) is 28.6 Å². The zero-order valence-electron chi connectivity index (χ0n) is 10.5. The molecule has 0 aromatic heterocycles. The Labute approximate surface area is 112 Å². The fourth-order valence-electron chi connectivity index (χ4n) is 2.03. The second kappa shape index (κ2) is 5.93. The Morgan fingerprint density at radius 2 is 2.24 bits per heavy atom. The van der Waals surface area contributed by atoms with E-state index in [-0.39, 0.29) is 22.5 Å². The third-order valence-electron chi connectivity index (χ3n) is 3.35. The molecule has 0 aliphatic heterocycles. The Kier molecular flexibility index (Phi) is 5.09. The maximum atomic E-state index is 11.2. The molecule has 0 saturated heterocycles. The van der Waals surface area contributed by atoms with Crippen molar-refractivity contribution >= 4 is 28.6 Å². The largest absolute Gasteiger partial charge is 0.281 e. The molecule has 1 aliphatic carbocycles. The smallest absolute Gasteiger partial charge is 0.225 e. The van der Waals surface area contributed by atoms with Gasteiger partial charge in [-0.1, -0.05) is 33.3 Å². The van der Waals surface area contributed by atoms with Gasteiger partial charge in [-0.15, -0.1) is 11.8 Å². The maximum Gasteiger partial charge on any atom is 0.225 e. The number of nitriles is 1. The first kappa shape index (κ1) is 14.6. The summed E-state index contributed by atoms with van der Waals surface area (Å²) in [4.78, 5) is 11.9. The lowest BCUT2D eigenvalue weighted by Crippen LogP contribution is -1.96. The molecule has 1 rings (SSSR count). The predicted octanol–water partition coefficient (Wildman–Crippen LogP) is 3.96. The van der Waals surface area contributed by atoms with Gasteiger partial charge in [0.1, 0.15) is 6.07 Å². The predicted molar refractivity (Wildman–Crippen MR) is 72.7 cm³/mol. The first-order chi connectivity index (χ1) is 7.95. The summed E-state index contributed by atoms with van der Waals surface area (Å²) in [5.41, 5.74) is -0.0910. The molecule has 0 heterocycles. The molecule has 2 nitrogen and oxygen atoms in total. The van der Waals surface area contributed by atoms with E-state index >= 15 is 0 Å². The van der Waals surface area contributed by atoms with E-state index in [4.69, 9.17) is 16.9 Å². The van der Waals surface area contributed by atoms with E-state index in [0.29, 0.717) is 0 Å². The second-order valence-electron chi connectivity index (χ2n) is 4.97. The molecule has 1 fully saturated rings. The van der Waals surface area contributed by atoms with Crippen LogP contribution in [0.25, 0.3) is 0 Å². The van der Waals surface area contributed by atoms with E-state index < -0.39 is 0 Å². The van der Waals surface area contributed by atoms with Gasteiger partial charge < -0.3 is 0 Å². The summed E-state index contributed by atoms with van der Waals surface area (Å²) in [6.45, 7) is 6.16. The highest BCUT2D eigenvalue weighted by Gasteiger charge is 2.60. The third kappa shape index (κ3) is 3.50. The Bertz CT molecular complexity index is 370. The molecule has 0 spiro atoms. The number of carbonyl (C=O) groups is 1. The summed E-state index contributed by atoms with van der Waals surface area (Å²) >= 11 is 7.12. The molecule has 4 heteroatoms. The van der Waals surface area contributed by atoms with Crippen molar-refractivity contribution in [3.05, 3.63) is 11.0 Å². The molecule has 0 aromatic carbocycles. The number of unbranched alkanes of at least 4 members (excludes halogenated alkanes) is 1. The lowest BCUT2D eigenvalue weighted by molar-refractivity contribution is -0.113. The minimum absolute atomic E-state index is 0.0910. The number of hydrogen-bond donors (Lipinski definition) is 0. The SMILES string of the molecule is CCCCS/C(C#N)=C/[C@@H]1C(C(=O)Cl)C1(C)C. The number of halogens is 1. The number of thioether (sulfide) groups is 1. The normalized spacial score (nSPS) is 26.4. The Morgan fingerprint density at radius 3 is 2.65 bits per heavy atom. The summed E-state index contributed by atoms with van der Waals surface area (Å²) < 4.78 is 0. The van der Waals surface area contributed by atoms with Crippen LogP contribution in [-0.4, -0.2) is 11.0 Å². The van der Waals surface area contributed by atoms with E-state index in [9.17, 15) is 4.79 Å². The van der Waals surface area contributed by atoms with Crippen molar-refractivity contribution in [1.29, 1.82) is 5.26 Å². The van der Waals surface area contributed by atoms with Crippen LogP contribution in [0.2, 0.25) is 0 Å². The van der Waals surface area contributed by atoms with Crippen LogP contribution in [0.1, 0.15) is 33.6 Å². The van der Waals surface area contributed by atoms with Crippen LogP contribution in [-0.2, 0) is 4.79 Å². The molecular formula is C13H18ClNOS. The summed E-state index contributed by atoms with van der Waals surface area (Å²) in [6.07, 6.45) is 4.16. The fraction of sp³-hybridized carbons (Fsp3) is 0.692. The molecule has 17 heavy (non-hydrogen) atoms. The highest BCUT2D eigenvalue weighted by molar-refractivity contribution is 8.03. The topological polar surface area (TPSA) is 40.9 Å². The molecule has 94 valence electrons. The summed E-state index contributed by atoms with van der Waals surface area (Å²) in [6, 6.07) is 2.20. The molecule has 1 aliphatic rings. The van der Waals surface area contributed by atoms with Crippen molar-refractivity contribution < 1.29 is 4.79 Å². The van der Waals surface area contributed by atoms with E-state index in [1.54, 1.807) is 11.8 Å². The summed E-state index contributed by atoms with van der Waals surface area (Å²) in [5, 5.41) is 8.75. The van der Waals surface area contributed by atoms with Crippen LogP contribution in [0.3, 0.4) is 0 Å².